The summed E-state index contributed by atoms with van der Waals surface area (Å²) in [6.45, 7) is 0. The van der Waals surface area contributed by atoms with Gasteiger partial charge in [0.15, 0.2) is 0 Å². The van der Waals surface area contributed by atoms with Crippen LogP contribution in [0.15, 0.2) is 36.4 Å². The van der Waals surface area contributed by atoms with Crippen molar-refractivity contribution in [2.75, 3.05) is 12.0 Å². The third kappa shape index (κ3) is 3.31. The Morgan fingerprint density at radius 3 is 3.00 bits per heavy atom. The number of aromatic nitrogens is 1. The van der Waals surface area contributed by atoms with Crippen LogP contribution in [0.3, 0.4) is 0 Å². The minimum atomic E-state index is -0.923. The van der Waals surface area contributed by atoms with Crippen molar-refractivity contribution in [2.24, 2.45) is 0 Å². The van der Waals surface area contributed by atoms with Gasteiger partial charge in [-0.25, -0.2) is 0 Å². The molecule has 0 bridgehead atoms. The van der Waals surface area contributed by atoms with E-state index < -0.39 is 11.2 Å². The molecule has 0 radical (unpaired) electrons. The first-order valence-electron chi connectivity index (χ1n) is 7.98. The zero-order chi connectivity index (χ0) is 17.6. The predicted molar refractivity (Wildman–Crippen MR) is 104 cm³/mol. The summed E-state index contributed by atoms with van der Waals surface area (Å²) in [5.74, 6) is 0.498. The van der Waals surface area contributed by atoms with Gasteiger partial charge in [-0.3, -0.25) is 4.79 Å². The molecule has 4 nitrogen and oxygen atoms in total. The number of hydrogen-bond donors (Lipinski definition) is 2. The van der Waals surface area contributed by atoms with Crippen molar-refractivity contribution in [2.45, 2.75) is 18.4 Å². The van der Waals surface area contributed by atoms with E-state index in [0.717, 1.165) is 16.6 Å². The molecule has 0 fully saturated rings. The maximum absolute atomic E-state index is 12.7. The number of carbonyl (C=O) groups is 1. The summed E-state index contributed by atoms with van der Waals surface area (Å²) in [7, 11) is 0. The van der Waals surface area contributed by atoms with Crippen LogP contribution < -0.4 is 5.32 Å². The number of aromatic amines is 1. The Bertz CT molecular complexity index is 903. The van der Waals surface area contributed by atoms with Crippen molar-refractivity contribution in [3.63, 3.8) is 0 Å². The maximum atomic E-state index is 12.7. The molecule has 25 heavy (non-hydrogen) atoms. The molecule has 7 heteroatoms. The smallest absolute Gasteiger partial charge is 0.268 e. The Morgan fingerprint density at radius 1 is 1.44 bits per heavy atom. The zero-order valence-electron chi connectivity index (χ0n) is 13.5. The van der Waals surface area contributed by atoms with Crippen molar-refractivity contribution in [3.8, 4) is 0 Å². The number of hydrogen-bond acceptors (Lipinski definition) is 3. The summed E-state index contributed by atoms with van der Waals surface area (Å²) in [6.07, 6.45) is 2.48. The molecule has 0 saturated carbocycles. The van der Waals surface area contributed by atoms with Crippen LogP contribution in [-0.2, 0) is 17.6 Å². The zero-order valence-corrected chi connectivity index (χ0v) is 15.9. The van der Waals surface area contributed by atoms with E-state index in [2.05, 4.69) is 22.4 Å². The van der Waals surface area contributed by atoms with E-state index in [9.17, 15) is 9.35 Å². The molecule has 0 spiro atoms. The molecule has 2 heterocycles. The molecule has 130 valence electrons. The number of H-pyrrole nitrogens is 1. The van der Waals surface area contributed by atoms with E-state index >= 15 is 0 Å². The fourth-order valence-electron chi connectivity index (χ4n) is 3.55. The topological polar surface area (TPSA) is 67.9 Å². The molecular formula is C18H17ClN2O2S2. The first kappa shape index (κ1) is 17.0. The number of benzene rings is 1. The second-order valence-electron chi connectivity index (χ2n) is 6.35. The minimum absolute atomic E-state index is 0.0428. The summed E-state index contributed by atoms with van der Waals surface area (Å²) < 4.78 is 12.5. The number of carbonyl (C=O) groups excluding carboxylic acids is 1. The average molecular weight is 393 g/mol. The van der Waals surface area contributed by atoms with Gasteiger partial charge in [-0.1, -0.05) is 47.0 Å². The highest BCUT2D eigenvalue weighted by Gasteiger charge is 2.36. The number of amides is 1. The molecule has 2 aromatic heterocycles. The molecule has 4 rings (SSSR count). The van der Waals surface area contributed by atoms with Crippen LogP contribution in [0.2, 0.25) is 4.34 Å². The molecule has 1 aromatic carbocycles. The number of nitrogens with one attached hydrogen (secondary N) is 2. The Morgan fingerprint density at radius 2 is 2.24 bits per heavy atom. The van der Waals surface area contributed by atoms with Crippen LogP contribution >= 0.6 is 22.9 Å². The van der Waals surface area contributed by atoms with Gasteiger partial charge in [-0.05, 0) is 29.7 Å². The first-order valence-corrected chi connectivity index (χ1v) is 10.9. The number of thiophene rings is 1. The SMILES string of the molecule is C[S+]([O-])C[C@@H]1c2ccccc2C[C@H]1NC(=O)c1cc2cc(Cl)sc2[nH]1. The van der Waals surface area contributed by atoms with E-state index in [1.807, 2.05) is 24.3 Å². The molecular weight excluding hydrogens is 376 g/mol. The second-order valence-corrected chi connectivity index (χ2v) is 9.51. The molecule has 1 amide bonds. The molecule has 2 N–H and O–H groups in total. The highest BCUT2D eigenvalue weighted by atomic mass is 35.5. The van der Waals surface area contributed by atoms with Crippen molar-refractivity contribution in [1.82, 2.24) is 10.3 Å². The quantitative estimate of drug-likeness (QED) is 0.665. The monoisotopic (exact) mass is 392 g/mol. The van der Waals surface area contributed by atoms with Gasteiger partial charge >= 0.3 is 0 Å². The third-order valence-corrected chi connectivity index (χ3v) is 6.66. The van der Waals surface area contributed by atoms with Crippen molar-refractivity contribution < 1.29 is 9.35 Å². The van der Waals surface area contributed by atoms with E-state index in [1.165, 1.54) is 22.5 Å². The Balaban J connectivity index is 1.56. The van der Waals surface area contributed by atoms with Crippen LogP contribution in [0.1, 0.15) is 27.5 Å². The Labute approximate surface area is 157 Å². The van der Waals surface area contributed by atoms with Gasteiger partial charge in [0.05, 0.1) is 10.6 Å². The van der Waals surface area contributed by atoms with E-state index in [1.54, 1.807) is 6.26 Å². The number of fused-ring (bicyclic) bond motifs is 2. The standard InChI is InChI=1S/C18H17ClN2O2S2/c1-25(23)9-13-12-5-3-2-4-10(12)6-14(13)20-17(22)15-7-11-8-16(19)24-18(11)21-15/h2-5,7-8,13-14,21H,6,9H2,1H3,(H,20,22)/t13-,14-,25?/m1/s1. The Kier molecular flexibility index (Phi) is 4.54. The molecule has 1 aliphatic rings. The first-order chi connectivity index (χ1) is 12.0. The summed E-state index contributed by atoms with van der Waals surface area (Å²) in [6, 6.07) is 11.8. The highest BCUT2D eigenvalue weighted by molar-refractivity contribution is 7.90. The number of halogens is 1. The second kappa shape index (κ2) is 6.68. The summed E-state index contributed by atoms with van der Waals surface area (Å²) >= 11 is 6.48. The summed E-state index contributed by atoms with van der Waals surface area (Å²) in [5.41, 5.74) is 2.95. The Hall–Kier alpha value is -1.47. The van der Waals surface area contributed by atoms with Crippen molar-refractivity contribution in [3.05, 3.63) is 57.6 Å². The molecule has 1 unspecified atom stereocenters. The van der Waals surface area contributed by atoms with E-state index in [4.69, 9.17) is 11.6 Å². The molecule has 0 aliphatic heterocycles. The van der Waals surface area contributed by atoms with Crippen molar-refractivity contribution in [1.29, 1.82) is 0 Å². The van der Waals surface area contributed by atoms with Crippen molar-refractivity contribution >= 4 is 50.2 Å². The summed E-state index contributed by atoms with van der Waals surface area (Å²) in [4.78, 5) is 16.7. The fourth-order valence-corrected chi connectivity index (χ4v) is 5.59. The minimum Gasteiger partial charge on any atom is -0.617 e. The van der Waals surface area contributed by atoms with Gasteiger partial charge in [-0.2, -0.15) is 0 Å². The normalized spacial score (nSPS) is 20.6. The lowest BCUT2D eigenvalue weighted by atomic mass is 10.0. The van der Waals surface area contributed by atoms with Crippen LogP contribution in [0, 0.1) is 0 Å². The van der Waals surface area contributed by atoms with Gasteiger partial charge in [0.25, 0.3) is 5.91 Å². The van der Waals surface area contributed by atoms with Gasteiger partial charge < -0.3 is 14.9 Å². The lowest BCUT2D eigenvalue weighted by Gasteiger charge is -2.21. The fraction of sp³-hybridized carbons (Fsp3) is 0.278. The molecule has 0 saturated heterocycles. The maximum Gasteiger partial charge on any atom is 0.268 e. The average Bonchev–Trinajstić information content (AvgIpc) is 3.19. The predicted octanol–water partition coefficient (Wildman–Crippen LogP) is 3.70. The van der Waals surface area contributed by atoms with Crippen LogP contribution in [-0.4, -0.2) is 33.5 Å². The van der Waals surface area contributed by atoms with Gasteiger partial charge in [0, 0.05) is 17.3 Å². The van der Waals surface area contributed by atoms with Crippen LogP contribution in [0.5, 0.6) is 0 Å². The van der Waals surface area contributed by atoms with Crippen LogP contribution in [0.4, 0.5) is 0 Å². The van der Waals surface area contributed by atoms with Gasteiger partial charge in [-0.15, -0.1) is 11.3 Å². The number of rotatable bonds is 4. The van der Waals surface area contributed by atoms with E-state index in [-0.39, 0.29) is 17.9 Å². The molecule has 1 aliphatic carbocycles. The lowest BCUT2D eigenvalue weighted by molar-refractivity contribution is 0.0930. The summed E-state index contributed by atoms with van der Waals surface area (Å²) in [5, 5.41) is 4.08. The lowest BCUT2D eigenvalue weighted by Crippen LogP contribution is -2.40. The largest absolute Gasteiger partial charge is 0.617 e. The van der Waals surface area contributed by atoms with Gasteiger partial charge in [0.2, 0.25) is 0 Å². The van der Waals surface area contributed by atoms with E-state index in [0.29, 0.717) is 15.8 Å². The molecule has 3 atom stereocenters. The molecule has 3 aromatic rings. The van der Waals surface area contributed by atoms with Gasteiger partial charge in [0.1, 0.15) is 16.3 Å². The highest BCUT2D eigenvalue weighted by Crippen LogP contribution is 2.35. The van der Waals surface area contributed by atoms with Crippen LogP contribution in [0.25, 0.3) is 10.2 Å². The third-order valence-electron chi connectivity index (χ3n) is 4.63.